The van der Waals surface area contributed by atoms with Gasteiger partial charge in [0.1, 0.15) is 0 Å². The van der Waals surface area contributed by atoms with E-state index in [4.69, 9.17) is 0 Å². The van der Waals surface area contributed by atoms with E-state index >= 15 is 0 Å². The Morgan fingerprint density at radius 2 is 1.79 bits per heavy atom. The number of amides is 2. The second kappa shape index (κ2) is 8.79. The lowest BCUT2D eigenvalue weighted by atomic mass is 10.3. The first kappa shape index (κ1) is 18.4. The van der Waals surface area contributed by atoms with E-state index in [0.29, 0.717) is 0 Å². The van der Waals surface area contributed by atoms with Crippen molar-refractivity contribution >= 4 is 45.2 Å². The highest BCUT2D eigenvalue weighted by Crippen LogP contribution is 2.26. The van der Waals surface area contributed by atoms with Crippen LogP contribution >= 0.6 is 27.7 Å². The first-order chi connectivity index (χ1) is 11.5. The fourth-order valence-corrected chi connectivity index (χ4v) is 3.11. The van der Waals surface area contributed by atoms with Gasteiger partial charge in [0.25, 0.3) is 0 Å². The molecule has 0 saturated heterocycles. The highest BCUT2D eigenvalue weighted by atomic mass is 79.9. The molecule has 0 fully saturated rings. The predicted octanol–water partition coefficient (Wildman–Crippen LogP) is 3.57. The van der Waals surface area contributed by atoms with Crippen LogP contribution in [0, 0.1) is 11.6 Å². The Morgan fingerprint density at radius 3 is 2.50 bits per heavy atom. The number of hydrogen-bond acceptors (Lipinski definition) is 3. The first-order valence-corrected chi connectivity index (χ1v) is 8.62. The van der Waals surface area contributed by atoms with Crippen molar-refractivity contribution < 1.29 is 18.4 Å². The molecule has 4 nitrogen and oxygen atoms in total. The molecule has 0 saturated carbocycles. The molecule has 0 atom stereocenters. The molecule has 0 bridgehead atoms. The molecule has 0 aliphatic heterocycles. The van der Waals surface area contributed by atoms with Gasteiger partial charge in [-0.2, -0.15) is 0 Å². The Hall–Kier alpha value is -1.93. The maximum Gasteiger partial charge on any atom is 0.243 e. The molecule has 0 aliphatic carbocycles. The molecule has 0 aliphatic rings. The summed E-state index contributed by atoms with van der Waals surface area (Å²) in [5.74, 6) is -2.73. The average Bonchev–Trinajstić information content (AvgIpc) is 2.55. The van der Waals surface area contributed by atoms with Gasteiger partial charge in [-0.05, 0) is 40.2 Å². The minimum Gasteiger partial charge on any atom is -0.346 e. The summed E-state index contributed by atoms with van der Waals surface area (Å²) in [6.07, 6.45) is 0. The summed E-state index contributed by atoms with van der Waals surface area (Å²) in [5.41, 5.74) is 0.121. The molecule has 2 N–H and O–H groups in total. The maximum absolute atomic E-state index is 13.0. The highest BCUT2D eigenvalue weighted by Gasteiger charge is 2.09. The smallest absolute Gasteiger partial charge is 0.243 e. The summed E-state index contributed by atoms with van der Waals surface area (Å²) in [7, 11) is 0. The molecule has 0 unspecified atom stereocenters. The quantitative estimate of drug-likeness (QED) is 0.710. The van der Waals surface area contributed by atoms with E-state index in [1.807, 2.05) is 24.3 Å². The SMILES string of the molecule is O=C(CSc1ccccc1Br)NCC(=O)Nc1ccc(F)c(F)c1. The number of rotatable bonds is 6. The van der Waals surface area contributed by atoms with Crippen molar-refractivity contribution in [2.24, 2.45) is 0 Å². The van der Waals surface area contributed by atoms with Crippen LogP contribution in [0.3, 0.4) is 0 Å². The number of hydrogen-bond donors (Lipinski definition) is 2. The average molecular weight is 415 g/mol. The standard InChI is InChI=1S/C16H13BrF2N2O2S/c17-11-3-1-2-4-14(11)24-9-16(23)20-8-15(22)21-10-5-6-12(18)13(19)7-10/h1-7H,8-9H2,(H,20,23)(H,21,22). The van der Waals surface area contributed by atoms with Crippen LogP contribution in [-0.4, -0.2) is 24.1 Å². The monoisotopic (exact) mass is 414 g/mol. The molecule has 0 spiro atoms. The molecule has 2 rings (SSSR count). The molecule has 8 heteroatoms. The molecule has 2 aromatic carbocycles. The van der Waals surface area contributed by atoms with E-state index < -0.39 is 17.5 Å². The lowest BCUT2D eigenvalue weighted by molar-refractivity contribution is -0.122. The van der Waals surface area contributed by atoms with Crippen molar-refractivity contribution in [2.75, 3.05) is 17.6 Å². The van der Waals surface area contributed by atoms with Crippen LogP contribution in [0.4, 0.5) is 14.5 Å². The van der Waals surface area contributed by atoms with E-state index in [0.717, 1.165) is 21.5 Å². The number of carbonyl (C=O) groups excluding carboxylic acids is 2. The summed E-state index contributed by atoms with van der Waals surface area (Å²) < 4.78 is 26.7. The number of thioether (sulfide) groups is 1. The van der Waals surface area contributed by atoms with Gasteiger partial charge in [0, 0.05) is 21.1 Å². The van der Waals surface area contributed by atoms with Crippen LogP contribution in [0.15, 0.2) is 51.8 Å². The second-order valence-electron chi connectivity index (χ2n) is 4.67. The van der Waals surface area contributed by atoms with Crippen LogP contribution in [0.1, 0.15) is 0 Å². The minimum absolute atomic E-state index is 0.121. The highest BCUT2D eigenvalue weighted by molar-refractivity contribution is 9.10. The van der Waals surface area contributed by atoms with E-state index in [9.17, 15) is 18.4 Å². The van der Waals surface area contributed by atoms with Crippen molar-refractivity contribution in [3.8, 4) is 0 Å². The summed E-state index contributed by atoms with van der Waals surface area (Å²) in [6.45, 7) is -0.256. The number of nitrogens with one attached hydrogen (secondary N) is 2. The van der Waals surface area contributed by atoms with Crippen molar-refractivity contribution in [2.45, 2.75) is 4.90 Å². The Labute approximate surface area is 150 Å². The lowest BCUT2D eigenvalue weighted by Gasteiger charge is -2.08. The van der Waals surface area contributed by atoms with Crippen LogP contribution in [0.5, 0.6) is 0 Å². The van der Waals surface area contributed by atoms with Gasteiger partial charge in [-0.3, -0.25) is 9.59 Å². The Kier molecular flexibility index (Phi) is 6.74. The van der Waals surface area contributed by atoms with Crippen LogP contribution in [-0.2, 0) is 9.59 Å². The molecule has 24 heavy (non-hydrogen) atoms. The van der Waals surface area contributed by atoms with E-state index in [1.165, 1.54) is 17.8 Å². The molecule has 2 amide bonds. The topological polar surface area (TPSA) is 58.2 Å². The van der Waals surface area contributed by atoms with Gasteiger partial charge < -0.3 is 10.6 Å². The van der Waals surface area contributed by atoms with Crippen molar-refractivity contribution in [3.05, 3.63) is 58.6 Å². The lowest BCUT2D eigenvalue weighted by Crippen LogP contribution is -2.33. The Balaban J connectivity index is 1.76. The summed E-state index contributed by atoms with van der Waals surface area (Å²) in [4.78, 5) is 24.3. The maximum atomic E-state index is 13.0. The van der Waals surface area contributed by atoms with E-state index in [1.54, 1.807) is 0 Å². The van der Waals surface area contributed by atoms with Crippen LogP contribution < -0.4 is 10.6 Å². The Morgan fingerprint density at radius 1 is 1.04 bits per heavy atom. The fraction of sp³-hybridized carbons (Fsp3) is 0.125. The molecular formula is C16H13BrF2N2O2S. The third kappa shape index (κ3) is 5.61. The Bertz CT molecular complexity index is 759. The molecular weight excluding hydrogens is 402 g/mol. The molecule has 0 aromatic heterocycles. The zero-order valence-electron chi connectivity index (χ0n) is 12.3. The second-order valence-corrected chi connectivity index (χ2v) is 6.54. The van der Waals surface area contributed by atoms with Crippen molar-refractivity contribution in [1.29, 1.82) is 0 Å². The molecule has 126 valence electrons. The molecule has 0 heterocycles. The van der Waals surface area contributed by atoms with Gasteiger partial charge in [-0.25, -0.2) is 8.78 Å². The van der Waals surface area contributed by atoms with Crippen LogP contribution in [0.25, 0.3) is 0 Å². The minimum atomic E-state index is -1.05. The van der Waals surface area contributed by atoms with Crippen LogP contribution in [0.2, 0.25) is 0 Å². The third-order valence-electron chi connectivity index (χ3n) is 2.84. The largest absolute Gasteiger partial charge is 0.346 e. The fourth-order valence-electron chi connectivity index (χ4n) is 1.71. The van der Waals surface area contributed by atoms with Crippen molar-refractivity contribution in [3.63, 3.8) is 0 Å². The van der Waals surface area contributed by atoms with Gasteiger partial charge in [-0.15, -0.1) is 11.8 Å². The third-order valence-corrected chi connectivity index (χ3v) is 4.87. The molecule has 2 aromatic rings. The number of carbonyl (C=O) groups is 2. The summed E-state index contributed by atoms with van der Waals surface area (Å²) in [6, 6.07) is 10.5. The summed E-state index contributed by atoms with van der Waals surface area (Å²) in [5, 5.41) is 4.84. The normalized spacial score (nSPS) is 10.3. The summed E-state index contributed by atoms with van der Waals surface area (Å²) >= 11 is 4.72. The predicted molar refractivity (Wildman–Crippen MR) is 92.9 cm³/mol. The first-order valence-electron chi connectivity index (χ1n) is 6.84. The van der Waals surface area contributed by atoms with Gasteiger partial charge in [0.2, 0.25) is 11.8 Å². The van der Waals surface area contributed by atoms with E-state index in [2.05, 4.69) is 26.6 Å². The number of benzene rings is 2. The van der Waals surface area contributed by atoms with Gasteiger partial charge in [-0.1, -0.05) is 12.1 Å². The van der Waals surface area contributed by atoms with E-state index in [-0.39, 0.29) is 23.9 Å². The number of anilines is 1. The molecule has 0 radical (unpaired) electrons. The van der Waals surface area contributed by atoms with Gasteiger partial charge in [0.15, 0.2) is 11.6 Å². The van der Waals surface area contributed by atoms with Gasteiger partial charge >= 0.3 is 0 Å². The van der Waals surface area contributed by atoms with Gasteiger partial charge in [0.05, 0.1) is 12.3 Å². The zero-order chi connectivity index (χ0) is 17.5. The van der Waals surface area contributed by atoms with Crippen molar-refractivity contribution in [1.82, 2.24) is 5.32 Å². The number of halogens is 3. The zero-order valence-corrected chi connectivity index (χ0v) is 14.7.